The van der Waals surface area contributed by atoms with Crippen molar-refractivity contribution in [1.82, 2.24) is 9.91 Å². The van der Waals surface area contributed by atoms with E-state index in [4.69, 9.17) is 0 Å². The van der Waals surface area contributed by atoms with E-state index in [1.165, 1.54) is 4.90 Å². The van der Waals surface area contributed by atoms with Gasteiger partial charge in [-0.1, -0.05) is 78.9 Å². The van der Waals surface area contributed by atoms with Crippen molar-refractivity contribution < 1.29 is 14.4 Å². The van der Waals surface area contributed by atoms with Crippen molar-refractivity contribution in [3.8, 4) is 11.1 Å². The van der Waals surface area contributed by atoms with Gasteiger partial charge in [0, 0.05) is 12.1 Å². The first-order valence-electron chi connectivity index (χ1n) is 11.6. The van der Waals surface area contributed by atoms with E-state index in [1.54, 1.807) is 30.3 Å². The van der Waals surface area contributed by atoms with E-state index in [9.17, 15) is 14.4 Å². The average Bonchev–Trinajstić information content (AvgIpc) is 3.36. The summed E-state index contributed by atoms with van der Waals surface area (Å²) in [5.41, 5.74) is 4.43. The van der Waals surface area contributed by atoms with Crippen molar-refractivity contribution in [3.05, 3.63) is 95.6 Å². The van der Waals surface area contributed by atoms with Gasteiger partial charge in [-0.15, -0.1) is 0 Å². The summed E-state index contributed by atoms with van der Waals surface area (Å²) in [6, 6.07) is 23.9. The first-order valence-corrected chi connectivity index (χ1v) is 11.6. The molecule has 0 bridgehead atoms. The summed E-state index contributed by atoms with van der Waals surface area (Å²) in [4.78, 5) is 41.8. The third kappa shape index (κ3) is 2.88. The predicted molar refractivity (Wildman–Crippen MR) is 128 cm³/mol. The van der Waals surface area contributed by atoms with Crippen LogP contribution >= 0.6 is 0 Å². The van der Waals surface area contributed by atoms with Crippen molar-refractivity contribution in [2.45, 2.75) is 19.0 Å². The number of likely N-dealkylation sites (tertiary alicyclic amines) is 1. The molecule has 2 amide bonds. The molecule has 6 nitrogen and oxygen atoms in total. The highest BCUT2D eigenvalue weighted by atomic mass is 16.2. The number of nitrogens with zero attached hydrogens (tertiary/aromatic N) is 3. The van der Waals surface area contributed by atoms with Gasteiger partial charge in [-0.2, -0.15) is 5.10 Å². The minimum Gasteiger partial charge on any atom is -0.292 e. The fourth-order valence-electron chi connectivity index (χ4n) is 5.67. The van der Waals surface area contributed by atoms with Crippen LogP contribution in [-0.2, 0) is 9.59 Å². The number of ketones is 1. The molecular formula is C28H23N3O3. The Hall–Kier alpha value is -4.06. The lowest BCUT2D eigenvalue weighted by Crippen LogP contribution is -2.44. The zero-order valence-electron chi connectivity index (χ0n) is 18.7. The maximum Gasteiger partial charge on any atom is 0.235 e. The summed E-state index contributed by atoms with van der Waals surface area (Å²) in [6.07, 6.45) is 1.72. The van der Waals surface area contributed by atoms with Crippen molar-refractivity contribution in [2.75, 3.05) is 6.54 Å². The summed E-state index contributed by atoms with van der Waals surface area (Å²) in [5.74, 6) is -2.05. The van der Waals surface area contributed by atoms with E-state index in [0.29, 0.717) is 12.1 Å². The Kier molecular flexibility index (Phi) is 4.69. The molecule has 6 heteroatoms. The average molecular weight is 450 g/mol. The number of benzene rings is 3. The number of hydrogen-bond acceptors (Lipinski definition) is 5. The number of hydrazone groups is 1. The third-order valence-electron chi connectivity index (χ3n) is 7.25. The minimum absolute atomic E-state index is 0.187. The molecule has 0 N–H and O–H groups in total. The Morgan fingerprint density at radius 3 is 2.21 bits per heavy atom. The molecule has 168 valence electrons. The number of rotatable bonds is 4. The Bertz CT molecular complexity index is 1330. The van der Waals surface area contributed by atoms with Gasteiger partial charge in [-0.3, -0.25) is 24.3 Å². The molecule has 3 aliphatic heterocycles. The summed E-state index contributed by atoms with van der Waals surface area (Å²) < 4.78 is 0. The number of Topliss-reactive ketones (excluding diaryl/α,β-unsaturated/α-hetero) is 1. The Morgan fingerprint density at radius 1 is 0.824 bits per heavy atom. The smallest absolute Gasteiger partial charge is 0.235 e. The van der Waals surface area contributed by atoms with Crippen LogP contribution in [0.25, 0.3) is 11.1 Å². The maximum atomic E-state index is 13.9. The number of imide groups is 1. The SMILES string of the molecule is CCN1C(=O)[C@@H]2[C@@H](C1=O)[C@@H]1c3ccccc3C=NN1[C@@H]2C(=O)c1ccc(-c2ccccc2)cc1. The van der Waals surface area contributed by atoms with Crippen LogP contribution in [-0.4, -0.2) is 46.3 Å². The lowest BCUT2D eigenvalue weighted by Gasteiger charge is -2.33. The van der Waals surface area contributed by atoms with Crippen LogP contribution in [0.15, 0.2) is 84.0 Å². The maximum absolute atomic E-state index is 13.9. The quantitative estimate of drug-likeness (QED) is 0.447. The second-order valence-electron chi connectivity index (χ2n) is 8.92. The van der Waals surface area contributed by atoms with E-state index >= 15 is 0 Å². The molecule has 6 rings (SSSR count). The topological polar surface area (TPSA) is 70.1 Å². The van der Waals surface area contributed by atoms with Crippen molar-refractivity contribution in [3.63, 3.8) is 0 Å². The van der Waals surface area contributed by atoms with Gasteiger partial charge in [0.15, 0.2) is 5.78 Å². The second-order valence-corrected chi connectivity index (χ2v) is 8.92. The van der Waals surface area contributed by atoms with E-state index in [1.807, 2.05) is 66.7 Å². The van der Waals surface area contributed by atoms with Crippen molar-refractivity contribution in [1.29, 1.82) is 0 Å². The highest BCUT2D eigenvalue weighted by Crippen LogP contribution is 2.52. The molecular weight excluding hydrogens is 426 g/mol. The lowest BCUT2D eigenvalue weighted by atomic mass is 9.83. The summed E-state index contributed by atoms with van der Waals surface area (Å²) in [6.45, 7) is 2.09. The van der Waals surface area contributed by atoms with Crippen LogP contribution in [0.1, 0.15) is 34.5 Å². The van der Waals surface area contributed by atoms with Crippen LogP contribution in [0.3, 0.4) is 0 Å². The third-order valence-corrected chi connectivity index (χ3v) is 7.25. The second kappa shape index (κ2) is 7.76. The molecule has 0 aromatic heterocycles. The summed E-state index contributed by atoms with van der Waals surface area (Å²) in [7, 11) is 0. The molecule has 4 atom stereocenters. The van der Waals surface area contributed by atoms with E-state index < -0.39 is 23.9 Å². The molecule has 3 heterocycles. The van der Waals surface area contributed by atoms with Crippen molar-refractivity contribution in [2.24, 2.45) is 16.9 Å². The zero-order chi connectivity index (χ0) is 23.4. The fraction of sp³-hybridized carbons (Fsp3) is 0.214. The van der Waals surface area contributed by atoms with Gasteiger partial charge in [0.05, 0.1) is 24.1 Å². The van der Waals surface area contributed by atoms with Crippen LogP contribution in [0.4, 0.5) is 0 Å². The molecule has 34 heavy (non-hydrogen) atoms. The van der Waals surface area contributed by atoms with Crippen LogP contribution in [0.2, 0.25) is 0 Å². The number of carbonyl (C=O) groups excluding carboxylic acids is 3. The van der Waals surface area contributed by atoms with Crippen LogP contribution in [0, 0.1) is 11.8 Å². The van der Waals surface area contributed by atoms with Gasteiger partial charge in [0.1, 0.15) is 6.04 Å². The molecule has 2 fully saturated rings. The van der Waals surface area contributed by atoms with Gasteiger partial charge in [0.25, 0.3) is 0 Å². The fourth-order valence-corrected chi connectivity index (χ4v) is 5.67. The molecule has 0 aliphatic carbocycles. The number of hydrogen-bond donors (Lipinski definition) is 0. The molecule has 3 aromatic rings. The highest BCUT2D eigenvalue weighted by molar-refractivity contribution is 6.12. The van der Waals surface area contributed by atoms with E-state index in [2.05, 4.69) is 5.10 Å². The standard InChI is InChI=1S/C28H23N3O3/c1-2-30-27(33)22-23(28(30)34)25(31-24(22)21-11-7-6-10-20(21)16-29-31)26(32)19-14-12-18(13-15-19)17-8-4-3-5-9-17/h3-16,22-25H,2H2,1H3/t22-,23-,24+,25+/m1/s1. The molecule has 0 spiro atoms. The van der Waals surface area contributed by atoms with Crippen LogP contribution < -0.4 is 0 Å². The molecule has 0 radical (unpaired) electrons. The predicted octanol–water partition coefficient (Wildman–Crippen LogP) is 3.93. The van der Waals surface area contributed by atoms with Crippen LogP contribution in [0.5, 0.6) is 0 Å². The monoisotopic (exact) mass is 449 g/mol. The molecule has 0 saturated carbocycles. The zero-order valence-corrected chi connectivity index (χ0v) is 18.7. The van der Waals surface area contributed by atoms with E-state index in [0.717, 1.165) is 22.3 Å². The summed E-state index contributed by atoms with van der Waals surface area (Å²) in [5, 5.41) is 6.30. The largest absolute Gasteiger partial charge is 0.292 e. The van der Waals surface area contributed by atoms with Gasteiger partial charge in [0.2, 0.25) is 11.8 Å². The Balaban J connectivity index is 1.41. The molecule has 0 unspecified atom stereocenters. The molecule has 2 saturated heterocycles. The number of fused-ring (bicyclic) bond motifs is 5. The van der Waals surface area contributed by atoms with Gasteiger partial charge in [-0.05, 0) is 29.2 Å². The molecule has 3 aliphatic rings. The lowest BCUT2D eigenvalue weighted by molar-refractivity contribution is -0.141. The van der Waals surface area contributed by atoms with Crippen molar-refractivity contribution >= 4 is 23.8 Å². The first-order chi connectivity index (χ1) is 16.6. The molecule has 3 aromatic carbocycles. The van der Waals surface area contributed by atoms with Gasteiger partial charge >= 0.3 is 0 Å². The highest BCUT2D eigenvalue weighted by Gasteiger charge is 2.64. The van der Waals surface area contributed by atoms with Gasteiger partial charge in [-0.25, -0.2) is 0 Å². The first kappa shape index (κ1) is 20.5. The summed E-state index contributed by atoms with van der Waals surface area (Å²) >= 11 is 0. The number of amides is 2. The Labute approximate surface area is 197 Å². The normalized spacial score (nSPS) is 24.7. The van der Waals surface area contributed by atoms with Gasteiger partial charge < -0.3 is 0 Å². The van der Waals surface area contributed by atoms with E-state index in [-0.39, 0.29) is 17.6 Å². The number of carbonyl (C=O) groups is 3. The minimum atomic E-state index is -0.824. The Morgan fingerprint density at radius 2 is 1.47 bits per heavy atom.